The number of carboxylic acid groups (broad SMARTS) is 1. The highest BCUT2D eigenvalue weighted by molar-refractivity contribution is 6.76. The second kappa shape index (κ2) is 44.7. The van der Waals surface area contributed by atoms with Gasteiger partial charge in [0.1, 0.15) is 53.0 Å². The van der Waals surface area contributed by atoms with Crippen molar-refractivity contribution in [2.24, 2.45) is 0 Å². The van der Waals surface area contributed by atoms with Crippen molar-refractivity contribution in [1.82, 2.24) is 54.3 Å². The number of nitrogens with zero attached hydrogens (tertiary/aromatic N) is 10. The van der Waals surface area contributed by atoms with E-state index in [0.717, 1.165) is 53.3 Å². The van der Waals surface area contributed by atoms with Gasteiger partial charge in [0.25, 0.3) is 0 Å². The number of carbonyl (C=O) groups is 9. The molecule has 8 rings (SSSR count). The summed E-state index contributed by atoms with van der Waals surface area (Å²) in [6.07, 6.45) is 2.98. The number of aromatic amines is 1. The molecule has 5 amide bonds. The molecule has 0 bridgehead atoms. The van der Waals surface area contributed by atoms with Crippen LogP contribution in [0, 0.1) is 0 Å². The van der Waals surface area contributed by atoms with Crippen LogP contribution in [0.1, 0.15) is 225 Å². The average molecular weight is 1650 g/mol. The van der Waals surface area contributed by atoms with Gasteiger partial charge in [0.05, 0.1) is 44.1 Å². The van der Waals surface area contributed by atoms with E-state index in [-0.39, 0.29) is 111 Å². The fourth-order valence-corrected chi connectivity index (χ4v) is 12.8. The lowest BCUT2D eigenvalue weighted by atomic mass is 10.00. The summed E-state index contributed by atoms with van der Waals surface area (Å²) in [6, 6.07) is 1.89. The molecule has 2 saturated heterocycles. The molecule has 2 atom stereocenters. The van der Waals surface area contributed by atoms with Crippen molar-refractivity contribution in [1.29, 1.82) is 0 Å². The molecule has 2 fully saturated rings. The lowest BCUT2D eigenvalue weighted by Gasteiger charge is -2.35. The van der Waals surface area contributed by atoms with Crippen LogP contribution in [0.3, 0.4) is 0 Å². The van der Waals surface area contributed by atoms with Crippen molar-refractivity contribution < 1.29 is 110 Å². The summed E-state index contributed by atoms with van der Waals surface area (Å²) in [7, 11) is -2.38. The summed E-state index contributed by atoms with van der Waals surface area (Å²) in [4.78, 5) is 148. The van der Waals surface area contributed by atoms with Gasteiger partial charge in [-0.3, -0.25) is 14.7 Å². The van der Waals surface area contributed by atoms with Crippen molar-refractivity contribution in [3.63, 3.8) is 0 Å². The highest BCUT2D eigenvalue weighted by Gasteiger charge is 2.40. The van der Waals surface area contributed by atoms with E-state index in [2.05, 4.69) is 66.6 Å². The molecule has 5 aliphatic rings. The molecule has 34 nitrogen and oxygen atoms in total. The Kier molecular flexibility index (Phi) is 39.6. The number of aliphatic hydroxyl groups is 1. The SMILES string of the molecule is CC(C)(C)OC(=O)N1CCC(=O)CC1.CC/C(O)=C1\CN(C(=O)OC(C)(C)C)CCC1=O.CC1Cc2c(c(C(=O)O)nn2COCC[Si](C)(C)C)CN1C(=O)OC(C)(C)C.CCOC(=O)c1nn(COCC[Si](C)(C)C)c2c1CN(C(=O)OC(C)(C)C)C(C)C2.CCc1n[nH]c2c1CN(C(=O)OC(C)(C)C)CC2.O=C=O.O=C=O. The highest BCUT2D eigenvalue weighted by atomic mass is 28.3. The molecule has 3 aromatic heterocycles. The number of ether oxygens (including phenoxy) is 8. The molecule has 114 heavy (non-hydrogen) atoms. The number of aromatic nitrogens is 6. The Bertz CT molecular complexity index is 3790. The van der Waals surface area contributed by atoms with Crippen LogP contribution >= 0.6 is 0 Å². The Morgan fingerprint density at radius 2 is 0.877 bits per heavy atom. The minimum atomic E-state index is -1.20. The van der Waals surface area contributed by atoms with E-state index in [4.69, 9.17) is 57.1 Å². The number of carbonyl (C=O) groups excluding carboxylic acids is 12. The number of allylic oxidation sites excluding steroid dienone is 1. The van der Waals surface area contributed by atoms with Crippen molar-refractivity contribution in [3.05, 3.63) is 62.2 Å². The third-order valence-corrected chi connectivity index (χ3v) is 20.4. The van der Waals surface area contributed by atoms with Gasteiger partial charge in [0.15, 0.2) is 17.2 Å². The predicted molar refractivity (Wildman–Crippen MR) is 423 cm³/mol. The summed E-state index contributed by atoms with van der Waals surface area (Å²) >= 11 is 0. The van der Waals surface area contributed by atoms with Crippen LogP contribution in [0.25, 0.3) is 0 Å². The van der Waals surface area contributed by atoms with E-state index >= 15 is 0 Å². The van der Waals surface area contributed by atoms with Gasteiger partial charge in [0, 0.05) is 146 Å². The van der Waals surface area contributed by atoms with Gasteiger partial charge in [-0.2, -0.15) is 34.5 Å². The number of rotatable bonds is 15. The second-order valence-corrected chi connectivity index (χ2v) is 46.5. The Balaban J connectivity index is 0.000000486. The van der Waals surface area contributed by atoms with Gasteiger partial charge in [0.2, 0.25) is 0 Å². The Morgan fingerprint density at radius 1 is 0.509 bits per heavy atom. The molecular formula is C78H129N11O23Si2. The van der Waals surface area contributed by atoms with E-state index in [1.54, 1.807) is 63.6 Å². The maximum Gasteiger partial charge on any atom is 0.410 e. The molecule has 642 valence electrons. The number of nitrogens with one attached hydrogen (secondary N) is 1. The standard InChI is InChI=1S/C21H37N3O5Si.C19H33N3O5Si.C13H21N3O2.C13H21NO4.C10H17NO3.2CO2/c1-9-28-19(25)18-16-13-23(20(26)29-21(3,4)5)15(2)12-17(16)24(22-18)14-27-10-11-30(6,7)8;1-13-10-15-14(11-21(13)18(25)27-19(2,3)4)16(17(23)24)20-22(15)12-26-8-9-28(5,6)7;1-5-10-9-8-16(7-6-11(9)15-14-10)12(17)18-13(2,3)4;1-5-10(15)9-8-14(7-6-11(9)16)12(17)18-13(2,3)4;1-10(2,3)14-9(13)11-6-4-8(12)5-7-11;2*2-1-3/h15H,9-14H2,1-8H3;13H,8-12H2,1-7H3,(H,23,24);5-8H2,1-4H3,(H,14,15);15H,5-8H2,1-4H3;4-7H2,1-3H3;;/b;;;10-9-;;;. The van der Waals surface area contributed by atoms with Crippen LogP contribution in [0.5, 0.6) is 0 Å². The first kappa shape index (κ1) is 101. The van der Waals surface area contributed by atoms with Crippen molar-refractivity contribution in [2.75, 3.05) is 52.5 Å². The number of hydrogen-bond donors (Lipinski definition) is 3. The average Bonchev–Trinajstić information content (AvgIpc) is 1.63. The number of carboxylic acids is 1. The molecule has 5 aliphatic heterocycles. The fraction of sp³-hybridized carbons (Fsp3) is 0.718. The van der Waals surface area contributed by atoms with E-state index in [1.165, 1.54) is 4.90 Å². The summed E-state index contributed by atoms with van der Waals surface area (Å²) in [5.41, 5.74) is 4.28. The van der Waals surface area contributed by atoms with E-state index in [9.17, 15) is 53.4 Å². The molecule has 0 spiro atoms. The maximum absolute atomic E-state index is 12.7. The van der Waals surface area contributed by atoms with Crippen molar-refractivity contribution in [3.8, 4) is 0 Å². The van der Waals surface area contributed by atoms with Gasteiger partial charge in [-0.25, -0.2) is 42.9 Å². The van der Waals surface area contributed by atoms with Gasteiger partial charge >= 0.3 is 54.7 Å². The minimum absolute atomic E-state index is 0.0238. The fourth-order valence-electron chi connectivity index (χ4n) is 11.3. The van der Waals surface area contributed by atoms with Gasteiger partial charge in [-0.05, 0) is 143 Å². The number of amides is 5. The number of aromatic carboxylic acids is 1. The lowest BCUT2D eigenvalue weighted by molar-refractivity contribution is -0.193. The molecule has 0 aromatic carbocycles. The third kappa shape index (κ3) is 36.2. The Hall–Kier alpha value is -9.09. The van der Waals surface area contributed by atoms with Gasteiger partial charge < -0.3 is 72.6 Å². The van der Waals surface area contributed by atoms with E-state index in [0.29, 0.717) is 94.7 Å². The number of aryl methyl sites for hydroxylation is 1. The monoisotopic (exact) mass is 1640 g/mol. The zero-order chi connectivity index (χ0) is 87.4. The number of likely N-dealkylation sites (tertiary alicyclic amines) is 2. The summed E-state index contributed by atoms with van der Waals surface area (Å²) in [5, 5.41) is 35.3. The van der Waals surface area contributed by atoms with Crippen LogP contribution in [0.2, 0.25) is 51.4 Å². The zero-order valence-corrected chi connectivity index (χ0v) is 74.4. The number of Topliss-reactive ketones (excluding diaryl/α,β-unsaturated/α-hetero) is 2. The lowest BCUT2D eigenvalue weighted by Crippen LogP contribution is -2.45. The molecule has 3 aromatic rings. The normalized spacial score (nSPS) is 16.7. The topological polar surface area (TPSA) is 417 Å². The number of aliphatic hydroxyl groups excluding tert-OH is 1. The highest BCUT2D eigenvalue weighted by Crippen LogP contribution is 2.32. The van der Waals surface area contributed by atoms with Crippen molar-refractivity contribution >= 4 is 82.4 Å². The number of esters is 1. The molecule has 8 heterocycles. The zero-order valence-electron chi connectivity index (χ0n) is 72.4. The van der Waals surface area contributed by atoms with Crippen LogP contribution in [0.15, 0.2) is 11.3 Å². The van der Waals surface area contributed by atoms with Crippen molar-refractivity contribution in [2.45, 2.75) is 314 Å². The number of ketones is 2. The minimum Gasteiger partial charge on any atom is -0.512 e. The molecular weight excluding hydrogens is 1520 g/mol. The molecule has 2 unspecified atom stereocenters. The number of H-pyrrole nitrogens is 1. The molecule has 36 heteroatoms. The first-order valence-corrected chi connectivity index (χ1v) is 46.0. The summed E-state index contributed by atoms with van der Waals surface area (Å²) in [5.74, 6) is -1.38. The largest absolute Gasteiger partial charge is 0.512 e. The molecule has 0 radical (unpaired) electrons. The van der Waals surface area contributed by atoms with E-state index < -0.39 is 74.4 Å². The molecule has 0 saturated carbocycles. The summed E-state index contributed by atoms with van der Waals surface area (Å²) in [6.45, 7) is 56.0. The summed E-state index contributed by atoms with van der Waals surface area (Å²) < 4.78 is 47.1. The predicted octanol–water partition coefficient (Wildman–Crippen LogP) is 12.7. The smallest absolute Gasteiger partial charge is 0.410 e. The Labute approximate surface area is 673 Å². The van der Waals surface area contributed by atoms with Crippen LogP contribution in [-0.2, 0) is 125 Å². The third-order valence-electron chi connectivity index (χ3n) is 17.0. The number of piperidine rings is 2. The first-order valence-electron chi connectivity index (χ1n) is 38.6. The molecule has 0 aliphatic carbocycles. The van der Waals surface area contributed by atoms with E-state index in [1.807, 2.05) is 96.9 Å². The number of fused-ring (bicyclic) bond motifs is 3. The van der Waals surface area contributed by atoms with Crippen LogP contribution < -0.4 is 0 Å². The number of hydrogen-bond acceptors (Lipinski definition) is 25. The molecule has 3 N–H and O–H groups in total. The Morgan fingerprint density at radius 3 is 1.25 bits per heavy atom. The maximum atomic E-state index is 12.7. The van der Waals surface area contributed by atoms with Gasteiger partial charge in [-0.15, -0.1) is 0 Å². The van der Waals surface area contributed by atoms with Crippen LogP contribution in [-0.4, -0.2) is 240 Å². The quantitative estimate of drug-likeness (QED) is 0.0318. The second-order valence-electron chi connectivity index (χ2n) is 35.3. The van der Waals surface area contributed by atoms with Crippen LogP contribution in [0.4, 0.5) is 24.0 Å². The first-order chi connectivity index (χ1) is 52.5. The van der Waals surface area contributed by atoms with Gasteiger partial charge in [-0.1, -0.05) is 53.1 Å².